The van der Waals surface area contributed by atoms with Crippen LogP contribution < -0.4 is 24.8 Å². The van der Waals surface area contributed by atoms with Gasteiger partial charge >= 0.3 is 6.09 Å². The molecule has 8 rings (SSSR count). The molecule has 0 unspecified atom stereocenters. The summed E-state index contributed by atoms with van der Waals surface area (Å²) in [6, 6.07) is 3.77. The van der Waals surface area contributed by atoms with Gasteiger partial charge in [-0.05, 0) is 103 Å². The number of alkyl carbamates (subject to hydrolysis) is 1. The zero-order valence-corrected chi connectivity index (χ0v) is 33.5. The van der Waals surface area contributed by atoms with Crippen LogP contribution in [0.5, 0.6) is 11.5 Å². The van der Waals surface area contributed by atoms with Crippen LogP contribution in [0.2, 0.25) is 0 Å². The molecule has 6 aliphatic rings. The van der Waals surface area contributed by atoms with Gasteiger partial charge < -0.3 is 29.7 Å². The van der Waals surface area contributed by atoms with E-state index in [1.54, 1.807) is 27.9 Å². The third-order valence-electron chi connectivity index (χ3n) is 12.6. The first-order chi connectivity index (χ1) is 26.7. The summed E-state index contributed by atoms with van der Waals surface area (Å²) >= 11 is 0. The standard InChI is InChI=1S/C41H53N5O9S/c1-24(2)54-38(50)43-31-11-9-7-5-6-8-10-26-21-41(26,37(49)45-56(51,52)39(3)18-19-39)44-35(47)32-22-40(23-46(32)36(31)48)17-16-28-29-20-27(53-4)14-15-30(29)42-33(25-12-13-25)34(28)55-40/h8,10,14-15,20,24-26,31-32H,5-7,9,11-13,16-19,21-23H2,1-4H3,(H,43,50)(H,44,47)(H,45,49)/b10-8-/t26-,31-,32-,40+,41+/m0/s1. The van der Waals surface area contributed by atoms with Crippen LogP contribution in [-0.4, -0.2) is 89.8 Å². The normalized spacial score (nSPS) is 30.4. The highest BCUT2D eigenvalue weighted by Crippen LogP contribution is 2.52. The minimum absolute atomic E-state index is 0.0658. The number of methoxy groups -OCH3 is 1. The van der Waals surface area contributed by atoms with Crippen LogP contribution in [0.25, 0.3) is 10.9 Å². The summed E-state index contributed by atoms with van der Waals surface area (Å²) in [7, 11) is -2.36. The number of pyridine rings is 1. The van der Waals surface area contributed by atoms with Crippen LogP contribution in [0.4, 0.5) is 4.79 Å². The highest BCUT2D eigenvalue weighted by molar-refractivity contribution is 7.91. The van der Waals surface area contributed by atoms with Gasteiger partial charge in [0.25, 0.3) is 5.91 Å². The van der Waals surface area contributed by atoms with Crippen LogP contribution in [-0.2, 0) is 35.6 Å². The van der Waals surface area contributed by atoms with Crippen molar-refractivity contribution in [1.82, 2.24) is 25.2 Å². The molecule has 302 valence electrons. The number of carbonyl (C=O) groups is 4. The Labute approximate surface area is 327 Å². The molecule has 4 heterocycles. The van der Waals surface area contributed by atoms with Crippen molar-refractivity contribution in [2.45, 2.75) is 144 Å². The van der Waals surface area contributed by atoms with Crippen molar-refractivity contribution in [2.75, 3.05) is 13.7 Å². The zero-order valence-electron chi connectivity index (χ0n) is 32.6. The topological polar surface area (TPSA) is 182 Å². The summed E-state index contributed by atoms with van der Waals surface area (Å²) in [4.78, 5) is 63.0. The Morgan fingerprint density at radius 1 is 1.07 bits per heavy atom. The van der Waals surface area contributed by atoms with E-state index in [0.29, 0.717) is 56.4 Å². The van der Waals surface area contributed by atoms with Gasteiger partial charge in [-0.25, -0.2) is 18.2 Å². The van der Waals surface area contributed by atoms with Gasteiger partial charge in [0.2, 0.25) is 21.8 Å². The molecule has 0 bridgehead atoms. The van der Waals surface area contributed by atoms with E-state index in [9.17, 15) is 27.6 Å². The maximum atomic E-state index is 14.8. The molecule has 3 aliphatic heterocycles. The lowest BCUT2D eigenvalue weighted by Gasteiger charge is -2.37. The Kier molecular flexibility index (Phi) is 9.76. The van der Waals surface area contributed by atoms with E-state index in [1.165, 1.54) is 4.90 Å². The van der Waals surface area contributed by atoms with Crippen LogP contribution in [0.1, 0.15) is 115 Å². The van der Waals surface area contributed by atoms with Crippen LogP contribution >= 0.6 is 0 Å². The molecule has 15 heteroatoms. The molecule has 56 heavy (non-hydrogen) atoms. The van der Waals surface area contributed by atoms with Crippen molar-refractivity contribution in [3.63, 3.8) is 0 Å². The number of hydrogen-bond acceptors (Lipinski definition) is 10. The molecule has 4 fully saturated rings. The number of allylic oxidation sites excluding steroid dienone is 1. The SMILES string of the molecule is COc1ccc2nc(C3CC3)c3c(c2c1)CC[C@]1(C[C@H]2C(=O)N[C@]4(C(=O)NS(=O)(=O)C5(C)CC5)C[C@@H]4/C=C\CCCCC[C@H](NC(=O)OC(C)C)C(=O)N2C1)O3. The lowest BCUT2D eigenvalue weighted by Crippen LogP contribution is -2.58. The van der Waals surface area contributed by atoms with Crippen molar-refractivity contribution in [1.29, 1.82) is 0 Å². The average Bonchev–Trinajstić information content (AvgIpc) is 4.09. The minimum Gasteiger partial charge on any atom is -0.497 e. The lowest BCUT2D eigenvalue weighted by molar-refractivity contribution is -0.141. The molecule has 1 aromatic carbocycles. The monoisotopic (exact) mass is 791 g/mol. The van der Waals surface area contributed by atoms with Crippen LogP contribution in [0, 0.1) is 5.92 Å². The zero-order chi connectivity index (χ0) is 39.6. The molecule has 5 atom stereocenters. The quantitative estimate of drug-likeness (QED) is 0.333. The van der Waals surface area contributed by atoms with Gasteiger partial charge in [-0.3, -0.25) is 19.1 Å². The maximum absolute atomic E-state index is 14.8. The predicted octanol–water partition coefficient (Wildman–Crippen LogP) is 4.68. The molecule has 3 saturated carbocycles. The molecule has 3 N–H and O–H groups in total. The average molecular weight is 792 g/mol. The number of aromatic nitrogens is 1. The Morgan fingerprint density at radius 3 is 2.57 bits per heavy atom. The summed E-state index contributed by atoms with van der Waals surface area (Å²) < 4.78 is 45.7. The molecule has 14 nitrogen and oxygen atoms in total. The van der Waals surface area contributed by atoms with E-state index in [1.807, 2.05) is 30.4 Å². The molecule has 1 saturated heterocycles. The van der Waals surface area contributed by atoms with Crippen molar-refractivity contribution in [3.8, 4) is 11.5 Å². The van der Waals surface area contributed by atoms with Crippen molar-refractivity contribution < 1.29 is 41.8 Å². The van der Waals surface area contributed by atoms with E-state index >= 15 is 0 Å². The van der Waals surface area contributed by atoms with E-state index in [2.05, 4.69) is 15.4 Å². The highest BCUT2D eigenvalue weighted by atomic mass is 32.2. The third kappa shape index (κ3) is 7.20. The summed E-state index contributed by atoms with van der Waals surface area (Å²) in [5.74, 6) is -0.576. The van der Waals surface area contributed by atoms with E-state index in [0.717, 1.165) is 47.8 Å². The fourth-order valence-electron chi connectivity index (χ4n) is 8.69. The number of hydrogen-bond donors (Lipinski definition) is 3. The molecule has 4 amide bonds. The third-order valence-corrected chi connectivity index (χ3v) is 14.8. The second-order valence-electron chi connectivity index (χ2n) is 17.3. The minimum atomic E-state index is -3.99. The van der Waals surface area contributed by atoms with Gasteiger partial charge in [-0.2, -0.15) is 0 Å². The Morgan fingerprint density at radius 2 is 1.86 bits per heavy atom. The number of amides is 4. The van der Waals surface area contributed by atoms with Crippen molar-refractivity contribution in [3.05, 3.63) is 41.6 Å². The molecule has 0 radical (unpaired) electrons. The summed E-state index contributed by atoms with van der Waals surface area (Å²) in [5, 5.41) is 6.69. The number of ether oxygens (including phenoxy) is 3. The molecule has 2 aromatic rings. The Balaban J connectivity index is 1.15. The fraction of sp³-hybridized carbons (Fsp3) is 0.634. The summed E-state index contributed by atoms with van der Waals surface area (Å²) in [5.41, 5.74) is 0.277. The number of sulfonamides is 1. The first-order valence-corrected chi connectivity index (χ1v) is 21.7. The second-order valence-corrected chi connectivity index (χ2v) is 19.5. The highest BCUT2D eigenvalue weighted by Gasteiger charge is 2.64. The van der Waals surface area contributed by atoms with Gasteiger partial charge in [0.05, 0.1) is 35.7 Å². The molecule has 3 aliphatic carbocycles. The van der Waals surface area contributed by atoms with E-state index in [-0.39, 0.29) is 25.3 Å². The lowest BCUT2D eigenvalue weighted by atomic mass is 9.86. The van der Waals surface area contributed by atoms with Gasteiger partial charge in [0.15, 0.2) is 0 Å². The number of carbonyl (C=O) groups excluding carboxylic acids is 4. The number of nitrogens with one attached hydrogen (secondary N) is 3. The number of rotatable bonds is 7. The number of fused-ring (bicyclic) bond motifs is 5. The molecule has 1 aromatic heterocycles. The Hall–Kier alpha value is -4.40. The van der Waals surface area contributed by atoms with Gasteiger partial charge in [0, 0.05) is 29.2 Å². The van der Waals surface area contributed by atoms with Gasteiger partial charge in [-0.15, -0.1) is 0 Å². The maximum Gasteiger partial charge on any atom is 0.408 e. The van der Waals surface area contributed by atoms with Crippen molar-refractivity contribution in [2.24, 2.45) is 5.92 Å². The first-order valence-electron chi connectivity index (χ1n) is 20.2. The Bertz CT molecular complexity index is 2100. The largest absolute Gasteiger partial charge is 0.497 e. The fourth-order valence-corrected chi connectivity index (χ4v) is 10.00. The number of nitrogens with zero attached hydrogens (tertiary/aromatic N) is 2. The summed E-state index contributed by atoms with van der Waals surface area (Å²) in [6.45, 7) is 5.13. The molecule has 1 spiro atoms. The molecular formula is C41H53N5O9S. The van der Waals surface area contributed by atoms with E-state index < -0.39 is 73.8 Å². The first kappa shape index (κ1) is 38.5. The van der Waals surface area contributed by atoms with Gasteiger partial charge in [0.1, 0.15) is 34.7 Å². The second kappa shape index (κ2) is 14.2. The number of benzene rings is 1. The van der Waals surface area contributed by atoms with Crippen LogP contribution in [0.3, 0.4) is 0 Å². The van der Waals surface area contributed by atoms with E-state index in [4.69, 9.17) is 19.2 Å². The van der Waals surface area contributed by atoms with Crippen LogP contribution in [0.15, 0.2) is 30.4 Å². The molecular weight excluding hydrogens is 739 g/mol. The van der Waals surface area contributed by atoms with Gasteiger partial charge in [-0.1, -0.05) is 25.0 Å². The van der Waals surface area contributed by atoms with Crippen molar-refractivity contribution >= 4 is 44.7 Å². The number of aryl methyl sites for hydroxylation is 1. The predicted molar refractivity (Wildman–Crippen MR) is 207 cm³/mol. The smallest absolute Gasteiger partial charge is 0.408 e. The summed E-state index contributed by atoms with van der Waals surface area (Å²) in [6.07, 6.45) is 10.3.